The summed E-state index contributed by atoms with van der Waals surface area (Å²) in [4.78, 5) is 14.2. The molecule has 0 spiro atoms. The summed E-state index contributed by atoms with van der Waals surface area (Å²) in [7, 11) is 0. The maximum atomic E-state index is 12.9. The predicted molar refractivity (Wildman–Crippen MR) is 95.4 cm³/mol. The van der Waals surface area contributed by atoms with Gasteiger partial charge in [-0.2, -0.15) is 0 Å². The third-order valence-electron chi connectivity index (χ3n) is 4.60. The molecule has 3 aromatic rings. The highest BCUT2D eigenvalue weighted by atomic mass is 19.1. The zero-order chi connectivity index (χ0) is 18.6. The van der Waals surface area contributed by atoms with Crippen molar-refractivity contribution in [3.05, 3.63) is 54.4 Å². The molecule has 1 amide bonds. The number of anilines is 1. The lowest BCUT2D eigenvalue weighted by atomic mass is 9.97. The van der Waals surface area contributed by atoms with Crippen LogP contribution in [0.1, 0.15) is 24.7 Å². The first-order valence-electron chi connectivity index (χ1n) is 8.82. The number of furan rings is 1. The van der Waals surface area contributed by atoms with Gasteiger partial charge in [-0.05, 0) is 62.3 Å². The third-order valence-corrected chi connectivity index (χ3v) is 4.60. The molecule has 0 aliphatic carbocycles. The van der Waals surface area contributed by atoms with E-state index in [9.17, 15) is 9.18 Å². The summed E-state index contributed by atoms with van der Waals surface area (Å²) < 4.78 is 23.9. The van der Waals surface area contributed by atoms with Crippen molar-refractivity contribution in [2.24, 2.45) is 0 Å². The van der Waals surface area contributed by atoms with E-state index in [0.29, 0.717) is 29.8 Å². The molecule has 1 saturated heterocycles. The average molecular weight is 370 g/mol. The van der Waals surface area contributed by atoms with E-state index < -0.39 is 0 Å². The number of carbonyl (C=O) groups excluding carboxylic acids is 1. The molecule has 4 rings (SSSR count). The number of piperidine rings is 1. The van der Waals surface area contributed by atoms with Crippen molar-refractivity contribution in [2.45, 2.75) is 18.8 Å². The SMILES string of the molecule is O=C(CN1CCC(c2nnc(-c3ccco3)o2)CC1)Nc1ccc(F)cc1. The molecule has 140 valence electrons. The number of carbonyl (C=O) groups is 1. The van der Waals surface area contributed by atoms with Gasteiger partial charge in [0, 0.05) is 11.6 Å². The zero-order valence-electron chi connectivity index (χ0n) is 14.6. The molecule has 1 aromatic carbocycles. The maximum absolute atomic E-state index is 12.9. The fraction of sp³-hybridized carbons (Fsp3) is 0.316. The number of rotatable bonds is 5. The minimum Gasteiger partial charge on any atom is -0.459 e. The van der Waals surface area contributed by atoms with E-state index in [1.54, 1.807) is 30.5 Å². The second-order valence-corrected chi connectivity index (χ2v) is 6.53. The van der Waals surface area contributed by atoms with E-state index in [2.05, 4.69) is 20.4 Å². The van der Waals surface area contributed by atoms with Crippen LogP contribution in [-0.2, 0) is 4.79 Å². The van der Waals surface area contributed by atoms with Crippen molar-refractivity contribution in [3.63, 3.8) is 0 Å². The van der Waals surface area contributed by atoms with E-state index >= 15 is 0 Å². The normalized spacial score (nSPS) is 15.7. The number of nitrogens with one attached hydrogen (secondary N) is 1. The number of nitrogens with zero attached hydrogens (tertiary/aromatic N) is 3. The minimum absolute atomic E-state index is 0.113. The molecular formula is C19H19FN4O3. The van der Waals surface area contributed by atoms with Crippen molar-refractivity contribution in [3.8, 4) is 11.7 Å². The van der Waals surface area contributed by atoms with Crippen molar-refractivity contribution in [1.82, 2.24) is 15.1 Å². The number of hydrogen-bond donors (Lipinski definition) is 1. The van der Waals surface area contributed by atoms with Gasteiger partial charge in [0.1, 0.15) is 5.82 Å². The van der Waals surface area contributed by atoms with Gasteiger partial charge in [-0.15, -0.1) is 10.2 Å². The fourth-order valence-electron chi connectivity index (χ4n) is 3.17. The molecule has 0 radical (unpaired) electrons. The standard InChI is InChI=1S/C19H19FN4O3/c20-14-3-5-15(6-4-14)21-17(25)12-24-9-7-13(8-10-24)18-22-23-19(27-18)16-2-1-11-26-16/h1-6,11,13H,7-10,12H2,(H,21,25). The second kappa shape index (κ2) is 7.71. The maximum Gasteiger partial charge on any atom is 0.283 e. The van der Waals surface area contributed by atoms with Gasteiger partial charge in [-0.3, -0.25) is 9.69 Å². The molecule has 2 aromatic heterocycles. The fourth-order valence-corrected chi connectivity index (χ4v) is 3.17. The van der Waals surface area contributed by atoms with Gasteiger partial charge in [0.2, 0.25) is 11.8 Å². The highest BCUT2D eigenvalue weighted by Crippen LogP contribution is 2.29. The molecule has 7 nitrogen and oxygen atoms in total. The lowest BCUT2D eigenvalue weighted by Crippen LogP contribution is -2.38. The molecule has 1 aliphatic rings. The number of benzene rings is 1. The van der Waals surface area contributed by atoms with E-state index in [-0.39, 0.29) is 17.6 Å². The molecule has 27 heavy (non-hydrogen) atoms. The van der Waals surface area contributed by atoms with Crippen molar-refractivity contribution in [2.75, 3.05) is 25.0 Å². The molecule has 1 fully saturated rings. The van der Waals surface area contributed by atoms with Crippen LogP contribution in [0.15, 0.2) is 51.5 Å². The summed E-state index contributed by atoms with van der Waals surface area (Å²) in [6.07, 6.45) is 3.24. The molecular weight excluding hydrogens is 351 g/mol. The van der Waals surface area contributed by atoms with E-state index in [4.69, 9.17) is 8.83 Å². The summed E-state index contributed by atoms with van der Waals surface area (Å²) in [5, 5.41) is 11.0. The van der Waals surface area contributed by atoms with Gasteiger partial charge in [0.15, 0.2) is 5.76 Å². The second-order valence-electron chi connectivity index (χ2n) is 6.53. The third kappa shape index (κ3) is 4.22. The molecule has 0 bridgehead atoms. The quantitative estimate of drug-likeness (QED) is 0.742. The Bertz CT molecular complexity index is 884. The first-order chi connectivity index (χ1) is 13.2. The van der Waals surface area contributed by atoms with Crippen molar-refractivity contribution in [1.29, 1.82) is 0 Å². The number of likely N-dealkylation sites (tertiary alicyclic amines) is 1. The Hall–Kier alpha value is -3.00. The van der Waals surface area contributed by atoms with Crippen LogP contribution in [0, 0.1) is 5.82 Å². The van der Waals surface area contributed by atoms with Gasteiger partial charge in [-0.1, -0.05) is 0 Å². The molecule has 0 unspecified atom stereocenters. The average Bonchev–Trinajstić information content (AvgIpc) is 3.36. The van der Waals surface area contributed by atoms with Gasteiger partial charge in [0.05, 0.1) is 12.8 Å². The van der Waals surface area contributed by atoms with Crippen LogP contribution in [0.2, 0.25) is 0 Å². The Morgan fingerprint density at radius 3 is 2.67 bits per heavy atom. The first kappa shape index (κ1) is 17.4. The molecule has 8 heteroatoms. The van der Waals surface area contributed by atoms with Crippen molar-refractivity contribution < 1.29 is 18.0 Å². The van der Waals surface area contributed by atoms with Crippen LogP contribution in [0.4, 0.5) is 10.1 Å². The van der Waals surface area contributed by atoms with Gasteiger partial charge in [0.25, 0.3) is 5.89 Å². The Balaban J connectivity index is 1.27. The lowest BCUT2D eigenvalue weighted by Gasteiger charge is -2.29. The van der Waals surface area contributed by atoms with Gasteiger partial charge in [-0.25, -0.2) is 4.39 Å². The van der Waals surface area contributed by atoms with Crippen molar-refractivity contribution >= 4 is 11.6 Å². The number of amides is 1. The largest absolute Gasteiger partial charge is 0.459 e. The Morgan fingerprint density at radius 2 is 1.96 bits per heavy atom. The zero-order valence-corrected chi connectivity index (χ0v) is 14.6. The van der Waals surface area contributed by atoms with E-state index in [0.717, 1.165) is 25.9 Å². The number of halogens is 1. The summed E-state index contributed by atoms with van der Waals surface area (Å²) in [5.74, 6) is 1.29. The minimum atomic E-state index is -0.327. The summed E-state index contributed by atoms with van der Waals surface area (Å²) in [6, 6.07) is 9.29. The highest BCUT2D eigenvalue weighted by molar-refractivity contribution is 5.92. The topological polar surface area (TPSA) is 84.4 Å². The molecule has 1 aliphatic heterocycles. The van der Waals surface area contributed by atoms with E-state index in [1.165, 1.54) is 12.1 Å². The van der Waals surface area contributed by atoms with E-state index in [1.807, 2.05) is 0 Å². The van der Waals surface area contributed by atoms with Crippen LogP contribution in [0.3, 0.4) is 0 Å². The van der Waals surface area contributed by atoms with Gasteiger partial charge < -0.3 is 14.2 Å². The first-order valence-corrected chi connectivity index (χ1v) is 8.82. The molecule has 1 N–H and O–H groups in total. The molecule has 3 heterocycles. The highest BCUT2D eigenvalue weighted by Gasteiger charge is 2.26. The summed E-state index contributed by atoms with van der Waals surface area (Å²) in [5.41, 5.74) is 0.590. The Kier molecular flexibility index (Phi) is 4.97. The summed E-state index contributed by atoms with van der Waals surface area (Å²) >= 11 is 0. The Morgan fingerprint density at radius 1 is 1.19 bits per heavy atom. The lowest BCUT2D eigenvalue weighted by molar-refractivity contribution is -0.117. The van der Waals surface area contributed by atoms with Crippen LogP contribution in [-0.4, -0.2) is 40.6 Å². The smallest absolute Gasteiger partial charge is 0.283 e. The van der Waals surface area contributed by atoms with Crippen LogP contribution < -0.4 is 5.32 Å². The number of aromatic nitrogens is 2. The number of hydrogen-bond acceptors (Lipinski definition) is 6. The Labute approximate surface area is 155 Å². The van der Waals surface area contributed by atoms with Gasteiger partial charge >= 0.3 is 0 Å². The monoisotopic (exact) mass is 370 g/mol. The molecule has 0 atom stereocenters. The molecule has 0 saturated carbocycles. The predicted octanol–water partition coefficient (Wildman–Crippen LogP) is 3.29. The van der Waals surface area contributed by atoms with Crippen LogP contribution in [0.5, 0.6) is 0 Å². The summed E-state index contributed by atoms with van der Waals surface area (Å²) in [6.45, 7) is 1.82. The van der Waals surface area contributed by atoms with Crippen LogP contribution in [0.25, 0.3) is 11.7 Å². The van der Waals surface area contributed by atoms with Crippen LogP contribution >= 0.6 is 0 Å².